The molecule has 3 fully saturated rings. The van der Waals surface area contributed by atoms with Gasteiger partial charge < -0.3 is 4.74 Å². The summed E-state index contributed by atoms with van der Waals surface area (Å²) >= 11 is 0. The average molecular weight is 643 g/mol. The summed E-state index contributed by atoms with van der Waals surface area (Å²) in [5.41, 5.74) is 2.40. The van der Waals surface area contributed by atoms with E-state index in [1.54, 1.807) is 5.57 Å². The summed E-state index contributed by atoms with van der Waals surface area (Å²) in [6, 6.07) is 0. The van der Waals surface area contributed by atoms with Crippen LogP contribution < -0.4 is 0 Å². The number of esters is 1. The SMILES string of the molecule is CC/C=C/C=C/C=C\C=C/CCCCCC(=O)OC1CCC2(C)C(=CCC3C2CCC2(C)C(C(C)/C=C/C(CC)C(C)C)CCC32)C1. The minimum absolute atomic E-state index is 0.0162. The minimum atomic E-state index is 0.0162. The molecule has 0 aromatic heterocycles. The molecule has 9 unspecified atom stereocenters. The lowest BCUT2D eigenvalue weighted by atomic mass is 9.47. The quantitative estimate of drug-likeness (QED) is 0.0725. The summed E-state index contributed by atoms with van der Waals surface area (Å²) < 4.78 is 6.10. The predicted molar refractivity (Wildman–Crippen MR) is 202 cm³/mol. The lowest BCUT2D eigenvalue weighted by Crippen LogP contribution is -2.51. The highest BCUT2D eigenvalue weighted by atomic mass is 16.5. The number of hydrogen-bond acceptors (Lipinski definition) is 2. The number of ether oxygens (including phenoxy) is 1. The molecule has 0 aliphatic heterocycles. The summed E-state index contributed by atoms with van der Waals surface area (Å²) in [6.45, 7) is 17.0. The van der Waals surface area contributed by atoms with E-state index in [2.05, 4.69) is 115 Å². The molecule has 0 radical (unpaired) electrons. The molecule has 2 nitrogen and oxygen atoms in total. The molecule has 0 N–H and O–H groups in total. The Morgan fingerprint density at radius 3 is 2.34 bits per heavy atom. The van der Waals surface area contributed by atoms with Crippen molar-refractivity contribution in [3.05, 3.63) is 72.4 Å². The van der Waals surface area contributed by atoms with Crippen LogP contribution in [0.2, 0.25) is 0 Å². The monoisotopic (exact) mass is 643 g/mol. The maximum Gasteiger partial charge on any atom is 0.306 e. The van der Waals surface area contributed by atoms with E-state index in [1.807, 2.05) is 0 Å². The molecule has 2 heteroatoms. The molecule has 4 aliphatic rings. The standard InChI is InChI=1S/C45H70O2/c1-8-10-11-12-13-14-15-16-17-18-19-20-21-22-43(46)47-38-29-31-44(6)37(33-38)25-26-39-41-28-27-40(45(41,7)32-30-42(39)44)35(5)23-24-36(9-2)34(3)4/h10-17,23-25,34-36,38-42H,8-9,18-22,26-33H2,1-7H3/b11-10+,13-12+,15-14-,17-16-,24-23+. The number of carbonyl (C=O) groups is 1. The van der Waals surface area contributed by atoms with Gasteiger partial charge in [0, 0.05) is 12.8 Å². The smallest absolute Gasteiger partial charge is 0.306 e. The van der Waals surface area contributed by atoms with Crippen molar-refractivity contribution >= 4 is 5.97 Å². The molecule has 0 bridgehead atoms. The second-order valence-corrected chi connectivity index (χ2v) is 16.5. The Hall–Kier alpha value is -2.09. The van der Waals surface area contributed by atoms with E-state index >= 15 is 0 Å². The first-order chi connectivity index (χ1) is 22.6. The topological polar surface area (TPSA) is 26.3 Å². The van der Waals surface area contributed by atoms with Gasteiger partial charge in [0.15, 0.2) is 0 Å². The van der Waals surface area contributed by atoms with Crippen LogP contribution in [0.25, 0.3) is 0 Å². The maximum absolute atomic E-state index is 12.8. The largest absolute Gasteiger partial charge is 0.462 e. The lowest BCUT2D eigenvalue weighted by Gasteiger charge is -2.58. The summed E-state index contributed by atoms with van der Waals surface area (Å²) in [5, 5.41) is 0. The first-order valence-electron chi connectivity index (χ1n) is 19.9. The van der Waals surface area contributed by atoms with E-state index in [0.717, 1.165) is 74.5 Å². The average Bonchev–Trinajstić information content (AvgIpc) is 3.41. The van der Waals surface area contributed by atoms with E-state index in [-0.39, 0.29) is 12.1 Å². The van der Waals surface area contributed by atoms with E-state index in [9.17, 15) is 4.79 Å². The number of rotatable bonds is 16. The first-order valence-corrected chi connectivity index (χ1v) is 19.9. The number of fused-ring (bicyclic) bond motifs is 5. The van der Waals surface area contributed by atoms with Gasteiger partial charge in [-0.2, -0.15) is 0 Å². The van der Waals surface area contributed by atoms with Gasteiger partial charge in [-0.15, -0.1) is 0 Å². The lowest BCUT2D eigenvalue weighted by molar-refractivity contribution is -0.151. The van der Waals surface area contributed by atoms with Crippen molar-refractivity contribution in [2.24, 2.45) is 52.3 Å². The molecule has 262 valence electrons. The van der Waals surface area contributed by atoms with Crippen LogP contribution in [0.15, 0.2) is 72.4 Å². The summed E-state index contributed by atoms with van der Waals surface area (Å²) in [6.07, 6.45) is 41.8. The number of hydrogen-bond donors (Lipinski definition) is 0. The molecule has 0 aromatic carbocycles. The third-order valence-corrected chi connectivity index (χ3v) is 13.4. The molecule has 4 aliphatic carbocycles. The summed E-state index contributed by atoms with van der Waals surface area (Å²) in [4.78, 5) is 12.8. The van der Waals surface area contributed by atoms with Gasteiger partial charge in [-0.1, -0.05) is 127 Å². The van der Waals surface area contributed by atoms with Crippen molar-refractivity contribution in [1.29, 1.82) is 0 Å². The third-order valence-electron chi connectivity index (χ3n) is 13.4. The van der Waals surface area contributed by atoms with Crippen molar-refractivity contribution in [2.75, 3.05) is 0 Å². The molecule has 0 spiro atoms. The molecule has 0 aromatic rings. The van der Waals surface area contributed by atoms with Gasteiger partial charge in [-0.3, -0.25) is 4.79 Å². The predicted octanol–water partition coefficient (Wildman–Crippen LogP) is 12.9. The molecular formula is C45H70O2. The van der Waals surface area contributed by atoms with Crippen molar-refractivity contribution in [3.63, 3.8) is 0 Å². The Balaban J connectivity index is 1.22. The van der Waals surface area contributed by atoms with Crippen molar-refractivity contribution < 1.29 is 9.53 Å². The fraction of sp³-hybridized carbons (Fsp3) is 0.711. The molecule has 0 saturated heterocycles. The normalized spacial score (nSPS) is 34.0. The zero-order valence-electron chi connectivity index (χ0n) is 31.4. The van der Waals surface area contributed by atoms with Crippen LogP contribution in [0.1, 0.15) is 145 Å². The van der Waals surface area contributed by atoms with Crippen LogP contribution in [0, 0.1) is 52.3 Å². The fourth-order valence-corrected chi connectivity index (χ4v) is 10.5. The second kappa shape index (κ2) is 18.1. The number of carbonyl (C=O) groups excluding carboxylic acids is 1. The number of allylic oxidation sites excluding steroid dienone is 11. The Labute approximate surface area is 290 Å². The molecule has 0 amide bonds. The zero-order valence-corrected chi connectivity index (χ0v) is 31.4. The maximum atomic E-state index is 12.8. The molecule has 0 heterocycles. The summed E-state index contributed by atoms with van der Waals surface area (Å²) in [7, 11) is 0. The van der Waals surface area contributed by atoms with Crippen LogP contribution in [-0.2, 0) is 9.53 Å². The molecular weight excluding hydrogens is 572 g/mol. The van der Waals surface area contributed by atoms with E-state index in [4.69, 9.17) is 4.74 Å². The second-order valence-electron chi connectivity index (χ2n) is 16.5. The molecule has 4 rings (SSSR count). The van der Waals surface area contributed by atoms with E-state index in [1.165, 1.54) is 44.9 Å². The van der Waals surface area contributed by atoms with Gasteiger partial charge in [0.05, 0.1) is 0 Å². The first kappa shape index (κ1) is 37.7. The minimum Gasteiger partial charge on any atom is -0.462 e. The highest BCUT2D eigenvalue weighted by Gasteiger charge is 2.59. The van der Waals surface area contributed by atoms with Crippen molar-refractivity contribution in [3.8, 4) is 0 Å². The summed E-state index contributed by atoms with van der Waals surface area (Å²) in [5.74, 6) is 5.45. The van der Waals surface area contributed by atoms with Gasteiger partial charge in [-0.05, 0) is 129 Å². The van der Waals surface area contributed by atoms with Gasteiger partial charge in [0.25, 0.3) is 0 Å². The van der Waals surface area contributed by atoms with Crippen molar-refractivity contribution in [2.45, 2.75) is 151 Å². The van der Waals surface area contributed by atoms with Crippen LogP contribution in [0.4, 0.5) is 0 Å². The highest BCUT2D eigenvalue weighted by molar-refractivity contribution is 5.69. The highest BCUT2D eigenvalue weighted by Crippen LogP contribution is 2.67. The Kier molecular flexibility index (Phi) is 14.5. The van der Waals surface area contributed by atoms with Crippen LogP contribution in [0.5, 0.6) is 0 Å². The van der Waals surface area contributed by atoms with Crippen LogP contribution in [0.3, 0.4) is 0 Å². The Bertz CT molecular complexity index is 1160. The fourth-order valence-electron chi connectivity index (χ4n) is 10.5. The Morgan fingerprint density at radius 1 is 0.872 bits per heavy atom. The van der Waals surface area contributed by atoms with Crippen LogP contribution >= 0.6 is 0 Å². The van der Waals surface area contributed by atoms with Crippen LogP contribution in [-0.4, -0.2) is 12.1 Å². The number of unbranched alkanes of at least 4 members (excludes halogenated alkanes) is 3. The van der Waals surface area contributed by atoms with Gasteiger partial charge in [0.1, 0.15) is 6.10 Å². The Morgan fingerprint density at radius 2 is 1.62 bits per heavy atom. The van der Waals surface area contributed by atoms with E-state index in [0.29, 0.717) is 29.1 Å². The molecule has 9 atom stereocenters. The zero-order chi connectivity index (χ0) is 33.9. The third kappa shape index (κ3) is 9.54. The molecule has 47 heavy (non-hydrogen) atoms. The van der Waals surface area contributed by atoms with Crippen molar-refractivity contribution in [1.82, 2.24) is 0 Å². The van der Waals surface area contributed by atoms with Gasteiger partial charge in [-0.25, -0.2) is 0 Å². The molecule has 3 saturated carbocycles. The van der Waals surface area contributed by atoms with Gasteiger partial charge >= 0.3 is 5.97 Å². The van der Waals surface area contributed by atoms with Gasteiger partial charge in [0.2, 0.25) is 0 Å². The van der Waals surface area contributed by atoms with E-state index < -0.39 is 0 Å².